The number of furan rings is 1. The Bertz CT molecular complexity index is 654. The van der Waals surface area contributed by atoms with Crippen LogP contribution in [-0.4, -0.2) is 40.0 Å². The molecule has 0 N–H and O–H groups in total. The second-order valence-electron chi connectivity index (χ2n) is 5.50. The topological polar surface area (TPSA) is 68.5 Å². The van der Waals surface area contributed by atoms with Gasteiger partial charge in [0.25, 0.3) is 5.91 Å². The summed E-state index contributed by atoms with van der Waals surface area (Å²) in [5.41, 5.74) is 0.637. The first kappa shape index (κ1) is 14.6. The molecule has 3 heterocycles. The molecule has 0 unspecified atom stereocenters. The molecular weight excluding hydrogens is 282 g/mol. The molecule has 2 aromatic heterocycles. The molecule has 1 aliphatic heterocycles. The summed E-state index contributed by atoms with van der Waals surface area (Å²) in [7, 11) is 0. The fourth-order valence-corrected chi connectivity index (χ4v) is 2.75. The van der Waals surface area contributed by atoms with E-state index in [1.54, 1.807) is 24.7 Å². The molecule has 0 saturated carbocycles. The Morgan fingerprint density at radius 1 is 1.41 bits per heavy atom. The second kappa shape index (κ2) is 6.17. The number of ether oxygens (including phenoxy) is 1. The van der Waals surface area contributed by atoms with Crippen LogP contribution in [0.4, 0.5) is 0 Å². The van der Waals surface area contributed by atoms with E-state index in [1.807, 2.05) is 18.7 Å². The highest BCUT2D eigenvalue weighted by Gasteiger charge is 2.27. The van der Waals surface area contributed by atoms with Gasteiger partial charge in [-0.1, -0.05) is 0 Å². The molecule has 2 aromatic rings. The van der Waals surface area contributed by atoms with E-state index in [4.69, 9.17) is 9.15 Å². The van der Waals surface area contributed by atoms with Gasteiger partial charge in [-0.05, 0) is 32.8 Å². The summed E-state index contributed by atoms with van der Waals surface area (Å²) < 4.78 is 11.3. The van der Waals surface area contributed by atoms with Crippen LogP contribution < -0.4 is 4.74 Å². The van der Waals surface area contributed by atoms with Gasteiger partial charge in [0.05, 0.1) is 18.3 Å². The monoisotopic (exact) mass is 301 g/mol. The minimum Gasteiger partial charge on any atom is -0.471 e. The lowest BCUT2D eigenvalue weighted by molar-refractivity contribution is 0.0525. The zero-order valence-electron chi connectivity index (χ0n) is 12.8. The summed E-state index contributed by atoms with van der Waals surface area (Å²) in [4.78, 5) is 22.5. The highest BCUT2D eigenvalue weighted by molar-refractivity contribution is 5.95. The molecule has 3 rings (SSSR count). The van der Waals surface area contributed by atoms with Gasteiger partial charge >= 0.3 is 0 Å². The van der Waals surface area contributed by atoms with Crippen LogP contribution in [0.5, 0.6) is 5.88 Å². The first-order valence-electron chi connectivity index (χ1n) is 7.42. The number of amides is 1. The van der Waals surface area contributed by atoms with Crippen molar-refractivity contribution in [1.82, 2.24) is 14.9 Å². The standard InChI is InChI=1S/C16H19N3O3/c1-11-8-14(12(2)21-11)16(20)19-7-3-4-13(10-19)22-15-9-17-5-6-18-15/h5-6,8-9,13H,3-4,7,10H2,1-2H3/t13-/m1/s1. The Balaban J connectivity index is 1.68. The number of nitrogens with zero attached hydrogens (tertiary/aromatic N) is 3. The predicted octanol–water partition coefficient (Wildman–Crippen LogP) is 2.37. The van der Waals surface area contributed by atoms with Crippen molar-refractivity contribution in [3.05, 3.63) is 41.7 Å². The van der Waals surface area contributed by atoms with Crippen molar-refractivity contribution in [2.45, 2.75) is 32.8 Å². The minimum absolute atomic E-state index is 0.00166. The summed E-state index contributed by atoms with van der Waals surface area (Å²) in [5, 5.41) is 0. The van der Waals surface area contributed by atoms with Gasteiger partial charge in [0.1, 0.15) is 17.6 Å². The van der Waals surface area contributed by atoms with Crippen LogP contribution in [-0.2, 0) is 0 Å². The zero-order chi connectivity index (χ0) is 15.5. The summed E-state index contributed by atoms with van der Waals surface area (Å²) >= 11 is 0. The normalized spacial score (nSPS) is 18.3. The molecule has 0 bridgehead atoms. The van der Waals surface area contributed by atoms with Gasteiger partial charge < -0.3 is 14.1 Å². The molecule has 6 heteroatoms. The number of aromatic nitrogens is 2. The summed E-state index contributed by atoms with van der Waals surface area (Å²) in [6.45, 7) is 4.96. The third-order valence-electron chi connectivity index (χ3n) is 3.76. The smallest absolute Gasteiger partial charge is 0.257 e. The largest absolute Gasteiger partial charge is 0.471 e. The van der Waals surface area contributed by atoms with Gasteiger partial charge in [0, 0.05) is 18.9 Å². The molecule has 1 atom stereocenters. The Morgan fingerprint density at radius 2 is 2.27 bits per heavy atom. The maximum Gasteiger partial charge on any atom is 0.257 e. The molecule has 1 amide bonds. The number of hydrogen-bond donors (Lipinski definition) is 0. The van der Waals surface area contributed by atoms with E-state index in [0.717, 1.165) is 25.1 Å². The fourth-order valence-electron chi connectivity index (χ4n) is 2.75. The van der Waals surface area contributed by atoms with E-state index in [2.05, 4.69) is 9.97 Å². The van der Waals surface area contributed by atoms with E-state index in [9.17, 15) is 4.79 Å². The average Bonchev–Trinajstić information content (AvgIpc) is 2.86. The fraction of sp³-hybridized carbons (Fsp3) is 0.438. The van der Waals surface area contributed by atoms with Crippen molar-refractivity contribution in [1.29, 1.82) is 0 Å². The summed E-state index contributed by atoms with van der Waals surface area (Å²) in [6, 6.07) is 1.80. The SMILES string of the molecule is Cc1cc(C(=O)N2CCC[C@@H](Oc3cnccn3)C2)c(C)o1. The maximum atomic E-state index is 12.6. The van der Waals surface area contributed by atoms with Gasteiger partial charge in [-0.25, -0.2) is 4.98 Å². The van der Waals surface area contributed by atoms with Crippen LogP contribution >= 0.6 is 0 Å². The lowest BCUT2D eigenvalue weighted by Gasteiger charge is -2.32. The van der Waals surface area contributed by atoms with Crippen LogP contribution in [0.1, 0.15) is 34.7 Å². The highest BCUT2D eigenvalue weighted by atomic mass is 16.5. The number of piperidine rings is 1. The summed E-state index contributed by atoms with van der Waals surface area (Å²) in [5.74, 6) is 1.92. The second-order valence-corrected chi connectivity index (χ2v) is 5.50. The third kappa shape index (κ3) is 3.10. The molecule has 1 fully saturated rings. The number of carbonyl (C=O) groups excluding carboxylic acids is 1. The summed E-state index contributed by atoms with van der Waals surface area (Å²) in [6.07, 6.45) is 6.55. The average molecular weight is 301 g/mol. The van der Waals surface area contributed by atoms with Crippen molar-refractivity contribution in [2.24, 2.45) is 0 Å². The van der Waals surface area contributed by atoms with Gasteiger partial charge in [0.15, 0.2) is 0 Å². The van der Waals surface area contributed by atoms with Crippen molar-refractivity contribution in [3.63, 3.8) is 0 Å². The number of aryl methyl sites for hydroxylation is 2. The highest BCUT2D eigenvalue weighted by Crippen LogP contribution is 2.21. The lowest BCUT2D eigenvalue weighted by Crippen LogP contribution is -2.44. The Morgan fingerprint density at radius 3 is 2.95 bits per heavy atom. The van der Waals surface area contributed by atoms with Crippen molar-refractivity contribution < 1.29 is 13.9 Å². The Labute approximate surface area is 129 Å². The van der Waals surface area contributed by atoms with Gasteiger partial charge in [-0.3, -0.25) is 9.78 Å². The van der Waals surface area contributed by atoms with Crippen molar-refractivity contribution in [2.75, 3.05) is 13.1 Å². The van der Waals surface area contributed by atoms with Crippen LogP contribution in [0.2, 0.25) is 0 Å². The minimum atomic E-state index is -0.0531. The molecule has 116 valence electrons. The molecule has 6 nitrogen and oxygen atoms in total. The van der Waals surface area contributed by atoms with E-state index in [0.29, 0.717) is 23.7 Å². The van der Waals surface area contributed by atoms with E-state index < -0.39 is 0 Å². The molecular formula is C16H19N3O3. The quantitative estimate of drug-likeness (QED) is 0.870. The molecule has 22 heavy (non-hydrogen) atoms. The maximum absolute atomic E-state index is 12.6. The van der Waals surface area contributed by atoms with Crippen molar-refractivity contribution >= 4 is 5.91 Å². The van der Waals surface area contributed by atoms with Gasteiger partial charge in [-0.2, -0.15) is 0 Å². The first-order valence-corrected chi connectivity index (χ1v) is 7.42. The van der Waals surface area contributed by atoms with E-state index >= 15 is 0 Å². The van der Waals surface area contributed by atoms with Crippen LogP contribution in [0.25, 0.3) is 0 Å². The lowest BCUT2D eigenvalue weighted by atomic mass is 10.1. The van der Waals surface area contributed by atoms with Crippen molar-refractivity contribution in [3.8, 4) is 5.88 Å². The Hall–Kier alpha value is -2.37. The number of rotatable bonds is 3. The Kier molecular flexibility index (Phi) is 4.09. The zero-order valence-corrected chi connectivity index (χ0v) is 12.8. The molecule has 0 aliphatic carbocycles. The third-order valence-corrected chi connectivity index (χ3v) is 3.76. The molecule has 0 radical (unpaired) electrons. The molecule has 0 spiro atoms. The van der Waals surface area contributed by atoms with Crippen LogP contribution in [0.3, 0.4) is 0 Å². The number of hydrogen-bond acceptors (Lipinski definition) is 5. The number of likely N-dealkylation sites (tertiary alicyclic amines) is 1. The molecule has 1 saturated heterocycles. The van der Waals surface area contributed by atoms with Crippen LogP contribution in [0.15, 0.2) is 29.1 Å². The number of carbonyl (C=O) groups is 1. The first-order chi connectivity index (χ1) is 10.6. The van der Waals surface area contributed by atoms with E-state index in [1.165, 1.54) is 0 Å². The van der Waals surface area contributed by atoms with Crippen LogP contribution in [0, 0.1) is 13.8 Å². The molecule has 1 aliphatic rings. The molecule has 0 aromatic carbocycles. The van der Waals surface area contributed by atoms with Gasteiger partial charge in [0.2, 0.25) is 5.88 Å². The van der Waals surface area contributed by atoms with Gasteiger partial charge in [-0.15, -0.1) is 0 Å². The predicted molar refractivity (Wildman–Crippen MR) is 79.8 cm³/mol. The van der Waals surface area contributed by atoms with E-state index in [-0.39, 0.29) is 12.0 Å².